The first-order chi connectivity index (χ1) is 6.04. The van der Waals surface area contributed by atoms with Gasteiger partial charge in [-0.1, -0.05) is 27.7 Å². The molecule has 0 aliphatic carbocycles. The Labute approximate surface area is 80.9 Å². The predicted molar refractivity (Wildman–Crippen MR) is 55.2 cm³/mol. The van der Waals surface area contributed by atoms with Crippen LogP contribution < -0.4 is 11.1 Å². The molecule has 0 rings (SSSR count). The van der Waals surface area contributed by atoms with E-state index in [9.17, 15) is 9.59 Å². The van der Waals surface area contributed by atoms with E-state index in [1.165, 1.54) is 13.8 Å². The van der Waals surface area contributed by atoms with Crippen molar-refractivity contribution in [3.05, 3.63) is 0 Å². The van der Waals surface area contributed by atoms with E-state index in [0.29, 0.717) is 0 Å². The maximum absolute atomic E-state index is 10.2. The molecule has 1 atom stereocenters. The lowest BCUT2D eigenvalue weighted by atomic mass is 10.3. The zero-order valence-corrected chi connectivity index (χ0v) is 9.47. The molecule has 0 saturated heterocycles. The van der Waals surface area contributed by atoms with Gasteiger partial charge in [0.2, 0.25) is 11.8 Å². The van der Waals surface area contributed by atoms with E-state index in [1.807, 2.05) is 27.7 Å². The van der Waals surface area contributed by atoms with Gasteiger partial charge in [0.25, 0.3) is 0 Å². The summed E-state index contributed by atoms with van der Waals surface area (Å²) in [7, 11) is 0. The molecule has 0 aliphatic heterocycles. The van der Waals surface area contributed by atoms with Crippen molar-refractivity contribution in [3.63, 3.8) is 0 Å². The van der Waals surface area contributed by atoms with Crippen LogP contribution in [-0.4, -0.2) is 17.9 Å². The highest BCUT2D eigenvalue weighted by atomic mass is 16.2. The minimum Gasteiger partial charge on any atom is -0.368 e. The van der Waals surface area contributed by atoms with Crippen molar-refractivity contribution in [1.29, 1.82) is 0 Å². The first-order valence-corrected chi connectivity index (χ1v) is 4.60. The highest BCUT2D eigenvalue weighted by Gasteiger charge is 2.07. The molecule has 0 heterocycles. The first kappa shape index (κ1) is 17.9. The fourth-order valence-electron chi connectivity index (χ4n) is 0.376. The molecule has 0 aromatic rings. The van der Waals surface area contributed by atoms with Gasteiger partial charge in [0.1, 0.15) is 6.04 Å². The number of carbonyl (C=O) groups excluding carboxylic acids is 2. The van der Waals surface area contributed by atoms with E-state index < -0.39 is 11.9 Å². The Hall–Kier alpha value is -1.06. The van der Waals surface area contributed by atoms with Crippen LogP contribution in [0.5, 0.6) is 0 Å². The smallest absolute Gasteiger partial charge is 0.239 e. The van der Waals surface area contributed by atoms with Crippen LogP contribution in [0.15, 0.2) is 0 Å². The van der Waals surface area contributed by atoms with Crippen molar-refractivity contribution < 1.29 is 9.59 Å². The van der Waals surface area contributed by atoms with Crippen molar-refractivity contribution >= 4 is 11.8 Å². The molecule has 2 amide bonds. The number of primary amides is 1. The fraction of sp³-hybridized carbons (Fsp3) is 0.778. The molecule has 0 radical (unpaired) electrons. The molecule has 0 fully saturated rings. The first-order valence-electron chi connectivity index (χ1n) is 4.60. The third-order valence-corrected chi connectivity index (χ3v) is 0.847. The highest BCUT2D eigenvalue weighted by Crippen LogP contribution is 1.76. The normalized spacial score (nSPS) is 9.38. The number of rotatable bonds is 2. The van der Waals surface area contributed by atoms with Crippen LogP contribution in [0.25, 0.3) is 0 Å². The molecule has 0 aromatic carbocycles. The van der Waals surface area contributed by atoms with Crippen LogP contribution in [0.3, 0.4) is 0 Å². The van der Waals surface area contributed by atoms with Crippen molar-refractivity contribution in [2.45, 2.75) is 47.6 Å². The molecule has 0 aromatic heterocycles. The summed E-state index contributed by atoms with van der Waals surface area (Å²) in [5, 5.41) is 2.33. The molecule has 1 unspecified atom stereocenters. The topological polar surface area (TPSA) is 72.2 Å². The molecule has 3 N–H and O–H groups in total. The van der Waals surface area contributed by atoms with E-state index in [-0.39, 0.29) is 5.91 Å². The Kier molecular flexibility index (Phi) is 18.6. The maximum atomic E-state index is 10.2. The Morgan fingerprint density at radius 1 is 1.15 bits per heavy atom. The number of hydrogen-bond donors (Lipinski definition) is 2. The van der Waals surface area contributed by atoms with E-state index in [4.69, 9.17) is 5.73 Å². The van der Waals surface area contributed by atoms with Gasteiger partial charge in [-0.15, -0.1) is 0 Å². The molecule has 0 saturated carbocycles. The van der Waals surface area contributed by atoms with Crippen LogP contribution in [0, 0.1) is 0 Å². The molecule has 13 heavy (non-hydrogen) atoms. The molecular formula is C9H22N2O2. The summed E-state index contributed by atoms with van der Waals surface area (Å²) >= 11 is 0. The molecule has 0 aliphatic rings. The molecular weight excluding hydrogens is 168 g/mol. The molecule has 0 bridgehead atoms. The molecule has 0 spiro atoms. The zero-order chi connectivity index (χ0) is 11.4. The van der Waals surface area contributed by atoms with E-state index in [2.05, 4.69) is 5.32 Å². The number of nitrogens with two attached hydrogens (primary N) is 1. The lowest BCUT2D eigenvalue weighted by Gasteiger charge is -2.05. The number of carbonyl (C=O) groups is 2. The van der Waals surface area contributed by atoms with Crippen molar-refractivity contribution in [3.8, 4) is 0 Å². The minimum absolute atomic E-state index is 0.249. The number of hydrogen-bond acceptors (Lipinski definition) is 2. The summed E-state index contributed by atoms with van der Waals surface area (Å²) in [5.74, 6) is -0.772. The van der Waals surface area contributed by atoms with Gasteiger partial charge in [-0.2, -0.15) is 0 Å². The fourth-order valence-corrected chi connectivity index (χ4v) is 0.376. The van der Waals surface area contributed by atoms with Gasteiger partial charge in [-0.05, 0) is 6.92 Å². The van der Waals surface area contributed by atoms with Crippen LogP contribution in [0.4, 0.5) is 0 Å². The van der Waals surface area contributed by atoms with Gasteiger partial charge in [0.15, 0.2) is 0 Å². The second kappa shape index (κ2) is 13.5. The Balaban J connectivity index is -0.000000218. The zero-order valence-electron chi connectivity index (χ0n) is 9.47. The van der Waals surface area contributed by atoms with Crippen LogP contribution in [0.1, 0.15) is 41.5 Å². The van der Waals surface area contributed by atoms with Crippen LogP contribution >= 0.6 is 0 Å². The quantitative estimate of drug-likeness (QED) is 0.683. The van der Waals surface area contributed by atoms with E-state index in [0.717, 1.165) is 0 Å². The van der Waals surface area contributed by atoms with E-state index in [1.54, 1.807) is 0 Å². The summed E-state index contributed by atoms with van der Waals surface area (Å²) in [6.45, 7) is 10.9. The highest BCUT2D eigenvalue weighted by molar-refractivity contribution is 5.85. The SMILES string of the molecule is CC.CC.CC(=O)NC(C)C(N)=O. The number of nitrogens with one attached hydrogen (secondary N) is 1. The van der Waals surface area contributed by atoms with Crippen molar-refractivity contribution in [2.75, 3.05) is 0 Å². The Morgan fingerprint density at radius 2 is 1.46 bits per heavy atom. The van der Waals surface area contributed by atoms with Gasteiger partial charge >= 0.3 is 0 Å². The average molecular weight is 190 g/mol. The Bertz CT molecular complexity index is 136. The summed E-state index contributed by atoms with van der Waals surface area (Å²) in [5.41, 5.74) is 4.83. The van der Waals surface area contributed by atoms with Crippen LogP contribution in [-0.2, 0) is 9.59 Å². The van der Waals surface area contributed by atoms with Gasteiger partial charge < -0.3 is 11.1 Å². The molecule has 4 heteroatoms. The van der Waals surface area contributed by atoms with Crippen LogP contribution in [0.2, 0.25) is 0 Å². The third-order valence-electron chi connectivity index (χ3n) is 0.847. The van der Waals surface area contributed by atoms with Crippen molar-refractivity contribution in [2.24, 2.45) is 5.73 Å². The molecule has 4 nitrogen and oxygen atoms in total. The molecule has 80 valence electrons. The minimum atomic E-state index is -0.567. The third kappa shape index (κ3) is 18.2. The van der Waals surface area contributed by atoms with Gasteiger partial charge in [-0.3, -0.25) is 9.59 Å². The van der Waals surface area contributed by atoms with E-state index >= 15 is 0 Å². The average Bonchev–Trinajstić information content (AvgIpc) is 2.10. The van der Waals surface area contributed by atoms with Gasteiger partial charge in [0.05, 0.1) is 0 Å². The summed E-state index contributed by atoms with van der Waals surface area (Å²) < 4.78 is 0. The Morgan fingerprint density at radius 3 is 1.54 bits per heavy atom. The van der Waals surface area contributed by atoms with Crippen molar-refractivity contribution in [1.82, 2.24) is 5.32 Å². The summed E-state index contributed by atoms with van der Waals surface area (Å²) in [6.07, 6.45) is 0. The summed E-state index contributed by atoms with van der Waals surface area (Å²) in [4.78, 5) is 20.5. The second-order valence-electron chi connectivity index (χ2n) is 1.82. The largest absolute Gasteiger partial charge is 0.368 e. The monoisotopic (exact) mass is 190 g/mol. The standard InChI is InChI=1S/C5H10N2O2.2C2H6/c1-3(5(6)9)7-4(2)8;2*1-2/h3H,1-2H3,(H2,6,9)(H,7,8);2*1-2H3. The van der Waals surface area contributed by atoms with Gasteiger partial charge in [0, 0.05) is 6.92 Å². The lowest BCUT2D eigenvalue weighted by Crippen LogP contribution is -2.41. The maximum Gasteiger partial charge on any atom is 0.239 e. The predicted octanol–water partition coefficient (Wildman–Crippen LogP) is 1.05. The summed E-state index contributed by atoms with van der Waals surface area (Å²) in [6, 6.07) is -0.567. The number of amides is 2. The second-order valence-corrected chi connectivity index (χ2v) is 1.82. The lowest BCUT2D eigenvalue weighted by molar-refractivity contribution is -0.125. The van der Waals surface area contributed by atoms with Gasteiger partial charge in [-0.25, -0.2) is 0 Å².